The summed E-state index contributed by atoms with van der Waals surface area (Å²) in [6, 6.07) is 19.1. The van der Waals surface area contributed by atoms with Crippen molar-refractivity contribution in [1.82, 2.24) is 4.72 Å². The molecule has 0 radical (unpaired) electrons. The second-order valence-electron chi connectivity index (χ2n) is 9.82. The van der Waals surface area contributed by atoms with Crippen molar-refractivity contribution in [1.29, 1.82) is 0 Å². The van der Waals surface area contributed by atoms with Gasteiger partial charge in [-0.05, 0) is 44.2 Å². The first-order valence-electron chi connectivity index (χ1n) is 10.5. The smallest absolute Gasteiger partial charge is 0.302 e. The summed E-state index contributed by atoms with van der Waals surface area (Å²) in [5, 5.41) is -1.21. The molecule has 0 saturated carbocycles. The summed E-state index contributed by atoms with van der Waals surface area (Å²) in [5.41, 5.74) is 1.19. The van der Waals surface area contributed by atoms with Crippen molar-refractivity contribution in [2.24, 2.45) is 5.41 Å². The Morgan fingerprint density at radius 1 is 0.774 bits per heavy atom. The lowest BCUT2D eigenvalue weighted by atomic mass is 9.88. The van der Waals surface area contributed by atoms with Crippen LogP contribution >= 0.6 is 7.60 Å². The molecule has 0 saturated heterocycles. The van der Waals surface area contributed by atoms with Crippen LogP contribution in [0.15, 0.2) is 60.7 Å². The molecule has 7 heteroatoms. The average molecular weight is 466 g/mol. The number of rotatable bonds is 9. The molecule has 172 valence electrons. The minimum atomic E-state index is -3.82. The molecule has 2 rings (SSSR count). The molecule has 0 heterocycles. The van der Waals surface area contributed by atoms with E-state index < -0.39 is 34.0 Å². The normalized spacial score (nSPS) is 16.0. The summed E-state index contributed by atoms with van der Waals surface area (Å²) in [5.74, 6) is 0. The molecule has 0 fully saturated rings. The third kappa shape index (κ3) is 6.59. The fourth-order valence-electron chi connectivity index (χ4n) is 2.72. The Kier molecular flexibility index (Phi) is 8.45. The van der Waals surface area contributed by atoms with Crippen LogP contribution in [0.1, 0.15) is 59.6 Å². The highest BCUT2D eigenvalue weighted by Crippen LogP contribution is 2.65. The van der Waals surface area contributed by atoms with E-state index in [1.54, 1.807) is 6.92 Å². The summed E-state index contributed by atoms with van der Waals surface area (Å²) >= 11 is 0. The van der Waals surface area contributed by atoms with Gasteiger partial charge in [0, 0.05) is 0 Å². The molecule has 5 nitrogen and oxygen atoms in total. The Morgan fingerprint density at radius 3 is 1.48 bits per heavy atom. The molecule has 0 bridgehead atoms. The van der Waals surface area contributed by atoms with Gasteiger partial charge in [-0.3, -0.25) is 4.57 Å². The Labute approximate surface area is 190 Å². The van der Waals surface area contributed by atoms with Gasteiger partial charge in [-0.1, -0.05) is 81.4 Å². The van der Waals surface area contributed by atoms with Gasteiger partial charge in [-0.25, -0.2) is 8.93 Å². The van der Waals surface area contributed by atoms with Gasteiger partial charge in [0.2, 0.25) is 0 Å². The molecule has 0 spiro atoms. The molecule has 2 atom stereocenters. The van der Waals surface area contributed by atoms with Crippen LogP contribution in [0.5, 0.6) is 0 Å². The molecule has 2 aromatic carbocycles. The lowest BCUT2D eigenvalue weighted by Crippen LogP contribution is -2.56. The van der Waals surface area contributed by atoms with Gasteiger partial charge in [0.15, 0.2) is 0 Å². The van der Waals surface area contributed by atoms with Crippen LogP contribution < -0.4 is 4.72 Å². The van der Waals surface area contributed by atoms with Crippen molar-refractivity contribution in [3.63, 3.8) is 0 Å². The fourth-order valence-corrected chi connectivity index (χ4v) is 6.44. The average Bonchev–Trinajstić information content (AvgIpc) is 2.70. The SMILES string of the molecule is CC(C)(C)S(=O)N[C@@](C)(C(C)(C)C)P(=O)(OCc1ccccc1)OCc1ccccc1. The molecule has 31 heavy (non-hydrogen) atoms. The van der Waals surface area contributed by atoms with E-state index in [0.29, 0.717) is 0 Å². The van der Waals surface area contributed by atoms with Crippen molar-refractivity contribution in [2.75, 3.05) is 0 Å². The van der Waals surface area contributed by atoms with E-state index in [0.717, 1.165) is 11.1 Å². The number of hydrogen-bond donors (Lipinski definition) is 1. The summed E-state index contributed by atoms with van der Waals surface area (Å²) in [6.45, 7) is 13.5. The molecule has 1 unspecified atom stereocenters. The van der Waals surface area contributed by atoms with Crippen molar-refractivity contribution < 1.29 is 17.8 Å². The van der Waals surface area contributed by atoms with Gasteiger partial charge >= 0.3 is 7.60 Å². The van der Waals surface area contributed by atoms with E-state index in [1.165, 1.54) is 0 Å². The maximum absolute atomic E-state index is 14.4. The van der Waals surface area contributed by atoms with Crippen LogP contribution in [0.25, 0.3) is 0 Å². The van der Waals surface area contributed by atoms with Crippen molar-refractivity contribution in [3.05, 3.63) is 71.8 Å². The fraction of sp³-hybridized carbons (Fsp3) is 0.500. The lowest BCUT2D eigenvalue weighted by Gasteiger charge is -2.46. The first-order chi connectivity index (χ1) is 14.3. The largest absolute Gasteiger partial charge is 0.352 e. The highest BCUT2D eigenvalue weighted by molar-refractivity contribution is 7.84. The van der Waals surface area contributed by atoms with Gasteiger partial charge < -0.3 is 9.05 Å². The third-order valence-corrected chi connectivity index (χ3v) is 10.0. The van der Waals surface area contributed by atoms with Crippen LogP contribution in [0, 0.1) is 5.41 Å². The highest BCUT2D eigenvalue weighted by atomic mass is 32.2. The van der Waals surface area contributed by atoms with Crippen LogP contribution in [0.3, 0.4) is 0 Å². The zero-order valence-corrected chi connectivity index (χ0v) is 21.4. The monoisotopic (exact) mass is 465 g/mol. The zero-order chi connectivity index (χ0) is 23.3. The Hall–Kier alpha value is -1.30. The van der Waals surface area contributed by atoms with Gasteiger partial charge in [-0.2, -0.15) is 0 Å². The van der Waals surface area contributed by atoms with Crippen LogP contribution in [0.2, 0.25) is 0 Å². The van der Waals surface area contributed by atoms with E-state index in [2.05, 4.69) is 4.72 Å². The minimum absolute atomic E-state index is 0.127. The topological polar surface area (TPSA) is 64.6 Å². The number of benzene rings is 2. The van der Waals surface area contributed by atoms with E-state index in [-0.39, 0.29) is 13.2 Å². The predicted octanol–water partition coefficient (Wildman–Crippen LogP) is 6.43. The third-order valence-electron chi connectivity index (χ3n) is 5.34. The molecule has 0 aromatic heterocycles. The number of hydrogen-bond acceptors (Lipinski definition) is 4. The molecule has 0 aliphatic carbocycles. The Balaban J connectivity index is 2.44. The highest BCUT2D eigenvalue weighted by Gasteiger charge is 2.56. The van der Waals surface area contributed by atoms with Crippen LogP contribution in [-0.2, 0) is 37.8 Å². The number of nitrogens with one attached hydrogen (secondary N) is 1. The van der Waals surface area contributed by atoms with Crippen molar-refractivity contribution >= 4 is 18.6 Å². The second kappa shape index (κ2) is 10.1. The van der Waals surface area contributed by atoms with Crippen LogP contribution in [0.4, 0.5) is 0 Å². The van der Waals surface area contributed by atoms with Crippen LogP contribution in [-0.4, -0.2) is 14.2 Å². The molecule has 1 N–H and O–H groups in total. The van der Waals surface area contributed by atoms with E-state index in [9.17, 15) is 8.77 Å². The summed E-state index contributed by atoms with van der Waals surface area (Å²) in [4.78, 5) is 0. The summed E-state index contributed by atoms with van der Waals surface area (Å²) in [7, 11) is -5.30. The van der Waals surface area contributed by atoms with E-state index >= 15 is 0 Å². The van der Waals surface area contributed by atoms with E-state index in [4.69, 9.17) is 9.05 Å². The molecule has 2 aromatic rings. The molecule has 0 amide bonds. The first kappa shape index (κ1) is 26.0. The summed E-state index contributed by atoms with van der Waals surface area (Å²) < 4.78 is 42.3. The standard InChI is InChI=1S/C24H36NO4PS/c1-22(2,3)24(7,25-31(27)23(4,5)6)30(26,28-18-20-14-10-8-11-15-20)29-19-21-16-12-9-13-17-21/h8-17,25H,18-19H2,1-7H3/t24-,31?/m1/s1. The maximum Gasteiger partial charge on any atom is 0.352 e. The molecular weight excluding hydrogens is 429 g/mol. The minimum Gasteiger partial charge on any atom is -0.302 e. The van der Waals surface area contributed by atoms with Crippen molar-refractivity contribution in [3.8, 4) is 0 Å². The van der Waals surface area contributed by atoms with Gasteiger partial charge in [0.25, 0.3) is 0 Å². The zero-order valence-electron chi connectivity index (χ0n) is 19.7. The molecular formula is C24H36NO4PS. The quantitative estimate of drug-likeness (QED) is 0.434. The maximum atomic E-state index is 14.4. The Bertz CT molecular complexity index is 859. The van der Waals surface area contributed by atoms with Gasteiger partial charge in [-0.15, -0.1) is 0 Å². The lowest BCUT2D eigenvalue weighted by molar-refractivity contribution is 0.135. The van der Waals surface area contributed by atoms with Gasteiger partial charge in [0.1, 0.15) is 5.28 Å². The van der Waals surface area contributed by atoms with Crippen molar-refractivity contribution in [2.45, 2.75) is 71.7 Å². The first-order valence-corrected chi connectivity index (χ1v) is 13.1. The Morgan fingerprint density at radius 2 is 1.16 bits per heavy atom. The second-order valence-corrected chi connectivity index (χ2v) is 14.2. The predicted molar refractivity (Wildman–Crippen MR) is 129 cm³/mol. The van der Waals surface area contributed by atoms with E-state index in [1.807, 2.05) is 102 Å². The molecule has 0 aliphatic heterocycles. The molecule has 0 aliphatic rings. The summed E-state index contributed by atoms with van der Waals surface area (Å²) in [6.07, 6.45) is 0. The van der Waals surface area contributed by atoms with Gasteiger partial charge in [0.05, 0.1) is 28.9 Å².